The van der Waals surface area contributed by atoms with E-state index in [0.29, 0.717) is 17.7 Å². The van der Waals surface area contributed by atoms with Gasteiger partial charge in [0.15, 0.2) is 5.78 Å². The summed E-state index contributed by atoms with van der Waals surface area (Å²) in [4.78, 5) is 37.9. The molecule has 1 N–H and O–H groups in total. The largest absolute Gasteiger partial charge is 0.343 e. The lowest BCUT2D eigenvalue weighted by Crippen LogP contribution is -2.42. The molecule has 2 aromatic rings. The summed E-state index contributed by atoms with van der Waals surface area (Å²) in [7, 11) is 0. The lowest BCUT2D eigenvalue weighted by atomic mass is 9.98. The molecule has 1 aliphatic rings. The van der Waals surface area contributed by atoms with Gasteiger partial charge in [0.05, 0.1) is 6.54 Å². The third-order valence-corrected chi connectivity index (χ3v) is 4.34. The summed E-state index contributed by atoms with van der Waals surface area (Å²) in [5.74, 6) is -0.403. The molecule has 0 fully saturated rings. The van der Waals surface area contributed by atoms with Gasteiger partial charge in [-0.3, -0.25) is 14.4 Å². The summed E-state index contributed by atoms with van der Waals surface area (Å²) in [5, 5.41) is 2.67. The molecule has 3 rings (SSSR count). The van der Waals surface area contributed by atoms with Gasteiger partial charge in [-0.2, -0.15) is 0 Å². The average Bonchev–Trinajstić information content (AvgIpc) is 2.65. The predicted octanol–water partition coefficient (Wildman–Crippen LogP) is 2.60. The van der Waals surface area contributed by atoms with Crippen LogP contribution in [-0.4, -0.2) is 30.7 Å². The molecule has 0 spiro atoms. The number of hydrogen-bond acceptors (Lipinski definition) is 3. The second-order valence-corrected chi connectivity index (χ2v) is 6.10. The highest BCUT2D eigenvalue weighted by Crippen LogP contribution is 2.28. The Balaban J connectivity index is 1.70. The maximum Gasteiger partial charge on any atom is 0.251 e. The number of nitrogens with zero attached hydrogens (tertiary/aromatic N) is 1. The Bertz CT molecular complexity index is 815. The van der Waals surface area contributed by atoms with Crippen molar-refractivity contribution in [3.63, 3.8) is 0 Å². The predicted molar refractivity (Wildman–Crippen MR) is 95.9 cm³/mol. The van der Waals surface area contributed by atoms with Crippen LogP contribution < -0.4 is 10.2 Å². The van der Waals surface area contributed by atoms with Crippen LogP contribution in [0, 0.1) is 0 Å². The van der Waals surface area contributed by atoms with E-state index in [9.17, 15) is 14.4 Å². The Morgan fingerprint density at radius 1 is 1.04 bits per heavy atom. The summed E-state index contributed by atoms with van der Waals surface area (Å²) in [5.41, 5.74) is 3.02. The van der Waals surface area contributed by atoms with Crippen LogP contribution in [0.25, 0.3) is 0 Å². The van der Waals surface area contributed by atoms with E-state index in [1.54, 1.807) is 35.2 Å². The van der Waals surface area contributed by atoms with E-state index in [4.69, 9.17) is 0 Å². The number of nitrogens with one attached hydrogen (secondary N) is 1. The fraction of sp³-hybridized carbons (Fsp3) is 0.250. The molecule has 0 aliphatic carbocycles. The lowest BCUT2D eigenvalue weighted by molar-refractivity contribution is -0.117. The van der Waals surface area contributed by atoms with Gasteiger partial charge >= 0.3 is 0 Å². The second kappa shape index (κ2) is 7.30. The van der Waals surface area contributed by atoms with Gasteiger partial charge in [0, 0.05) is 23.4 Å². The smallest absolute Gasteiger partial charge is 0.251 e. The first-order valence-electron chi connectivity index (χ1n) is 8.34. The Morgan fingerprint density at radius 2 is 1.80 bits per heavy atom. The van der Waals surface area contributed by atoms with Gasteiger partial charge in [-0.1, -0.05) is 18.2 Å². The van der Waals surface area contributed by atoms with Crippen molar-refractivity contribution in [2.75, 3.05) is 18.0 Å². The van der Waals surface area contributed by atoms with Crippen molar-refractivity contribution in [1.82, 2.24) is 5.32 Å². The van der Waals surface area contributed by atoms with Crippen molar-refractivity contribution in [3.05, 3.63) is 65.2 Å². The molecular weight excluding hydrogens is 316 g/mol. The standard InChI is InChI=1S/C20H20N2O3/c1-14(23)16-9-10-18-17(12-16)8-5-11-22(18)19(24)13-21-20(25)15-6-3-2-4-7-15/h2-4,6-7,9-10,12H,5,8,11,13H2,1H3,(H,21,25). The van der Waals surface area contributed by atoms with E-state index in [2.05, 4.69) is 5.32 Å². The third kappa shape index (κ3) is 3.76. The molecule has 0 saturated carbocycles. The molecule has 128 valence electrons. The van der Waals surface area contributed by atoms with Crippen molar-refractivity contribution >= 4 is 23.3 Å². The quantitative estimate of drug-likeness (QED) is 0.873. The summed E-state index contributed by atoms with van der Waals surface area (Å²) < 4.78 is 0. The Labute approximate surface area is 146 Å². The van der Waals surface area contributed by atoms with Crippen LogP contribution >= 0.6 is 0 Å². The normalized spacial score (nSPS) is 13.1. The Kier molecular flexibility index (Phi) is 4.93. The molecule has 1 aliphatic heterocycles. The molecular formula is C20H20N2O3. The van der Waals surface area contributed by atoms with Crippen LogP contribution in [0.4, 0.5) is 5.69 Å². The molecule has 0 atom stereocenters. The van der Waals surface area contributed by atoms with Gasteiger partial charge < -0.3 is 10.2 Å². The molecule has 5 heteroatoms. The molecule has 0 radical (unpaired) electrons. The zero-order chi connectivity index (χ0) is 17.8. The van der Waals surface area contributed by atoms with Gasteiger partial charge in [-0.05, 0) is 55.7 Å². The minimum Gasteiger partial charge on any atom is -0.343 e. The molecule has 5 nitrogen and oxygen atoms in total. The summed E-state index contributed by atoms with van der Waals surface area (Å²) in [6.07, 6.45) is 1.68. The van der Waals surface area contributed by atoms with Crippen molar-refractivity contribution < 1.29 is 14.4 Å². The summed E-state index contributed by atoms with van der Waals surface area (Å²) in [6, 6.07) is 14.2. The number of fused-ring (bicyclic) bond motifs is 1. The van der Waals surface area contributed by atoms with Gasteiger partial charge in [-0.15, -0.1) is 0 Å². The van der Waals surface area contributed by atoms with Crippen molar-refractivity contribution in [2.24, 2.45) is 0 Å². The van der Waals surface area contributed by atoms with E-state index in [0.717, 1.165) is 24.1 Å². The Morgan fingerprint density at radius 3 is 2.52 bits per heavy atom. The highest BCUT2D eigenvalue weighted by atomic mass is 16.2. The highest BCUT2D eigenvalue weighted by Gasteiger charge is 2.23. The molecule has 0 bridgehead atoms. The highest BCUT2D eigenvalue weighted by molar-refractivity contribution is 6.01. The number of anilines is 1. The topological polar surface area (TPSA) is 66.5 Å². The monoisotopic (exact) mass is 336 g/mol. The minimum atomic E-state index is -0.266. The maximum absolute atomic E-state index is 12.6. The number of carbonyl (C=O) groups excluding carboxylic acids is 3. The molecule has 0 unspecified atom stereocenters. The van der Waals surface area contributed by atoms with E-state index < -0.39 is 0 Å². The number of ketones is 1. The number of benzene rings is 2. The first-order chi connectivity index (χ1) is 12.1. The van der Waals surface area contributed by atoms with Crippen molar-refractivity contribution in [3.8, 4) is 0 Å². The van der Waals surface area contributed by atoms with Gasteiger partial charge in [0.25, 0.3) is 5.91 Å². The van der Waals surface area contributed by atoms with Crippen molar-refractivity contribution in [1.29, 1.82) is 0 Å². The zero-order valence-corrected chi connectivity index (χ0v) is 14.1. The average molecular weight is 336 g/mol. The van der Waals surface area contributed by atoms with Crippen LogP contribution in [0.2, 0.25) is 0 Å². The van der Waals surface area contributed by atoms with E-state index in [-0.39, 0.29) is 24.1 Å². The Hall–Kier alpha value is -2.95. The molecule has 0 saturated heterocycles. The molecule has 1 heterocycles. The van der Waals surface area contributed by atoms with Crippen LogP contribution in [0.5, 0.6) is 0 Å². The number of amides is 2. The second-order valence-electron chi connectivity index (χ2n) is 6.10. The summed E-state index contributed by atoms with van der Waals surface area (Å²) >= 11 is 0. The third-order valence-electron chi connectivity index (χ3n) is 4.34. The fourth-order valence-electron chi connectivity index (χ4n) is 3.02. The minimum absolute atomic E-state index is 0.0152. The molecule has 0 aromatic heterocycles. The van der Waals surface area contributed by atoms with Gasteiger partial charge in [0.2, 0.25) is 5.91 Å². The first-order valence-corrected chi connectivity index (χ1v) is 8.34. The van der Waals surface area contributed by atoms with Crippen molar-refractivity contribution in [2.45, 2.75) is 19.8 Å². The number of hydrogen-bond donors (Lipinski definition) is 1. The summed E-state index contributed by atoms with van der Waals surface area (Å²) in [6.45, 7) is 2.10. The van der Waals surface area contributed by atoms with Gasteiger partial charge in [0.1, 0.15) is 0 Å². The van der Waals surface area contributed by atoms with Gasteiger partial charge in [-0.25, -0.2) is 0 Å². The van der Waals surface area contributed by atoms with E-state index in [1.165, 1.54) is 6.92 Å². The van der Waals surface area contributed by atoms with Crippen LogP contribution in [-0.2, 0) is 11.2 Å². The first kappa shape index (κ1) is 16.9. The van der Waals surface area contributed by atoms with E-state index in [1.807, 2.05) is 18.2 Å². The zero-order valence-electron chi connectivity index (χ0n) is 14.1. The number of Topliss-reactive ketones (excluding diaryl/α,β-unsaturated/α-hetero) is 1. The van der Waals surface area contributed by atoms with Crippen LogP contribution in [0.3, 0.4) is 0 Å². The van der Waals surface area contributed by atoms with Crippen LogP contribution in [0.15, 0.2) is 48.5 Å². The fourth-order valence-corrected chi connectivity index (χ4v) is 3.02. The maximum atomic E-state index is 12.6. The molecule has 2 amide bonds. The van der Waals surface area contributed by atoms with Crippen LogP contribution in [0.1, 0.15) is 39.6 Å². The molecule has 2 aromatic carbocycles. The number of carbonyl (C=O) groups is 3. The number of aryl methyl sites for hydroxylation is 1. The number of rotatable bonds is 4. The SMILES string of the molecule is CC(=O)c1ccc2c(c1)CCCN2C(=O)CNC(=O)c1ccccc1. The molecule has 25 heavy (non-hydrogen) atoms. The van der Waals surface area contributed by atoms with E-state index >= 15 is 0 Å². The lowest BCUT2D eigenvalue weighted by Gasteiger charge is -2.30.